The van der Waals surface area contributed by atoms with Gasteiger partial charge in [0.25, 0.3) is 0 Å². The number of ether oxygens (including phenoxy) is 1. The molecule has 2 saturated heterocycles. The Bertz CT molecular complexity index is 672. The van der Waals surface area contributed by atoms with Crippen molar-refractivity contribution in [1.29, 1.82) is 0 Å². The van der Waals surface area contributed by atoms with E-state index in [4.69, 9.17) is 16.3 Å². The summed E-state index contributed by atoms with van der Waals surface area (Å²) in [5.74, 6) is 0.756. The summed E-state index contributed by atoms with van der Waals surface area (Å²) in [7, 11) is 3.46. The van der Waals surface area contributed by atoms with E-state index in [-0.39, 0.29) is 17.4 Å². The SMILES string of the molecule is COc1ccc(NC(=O)CN2CCC3(CCC(=O)N3C)CC2)cc1Cl. The van der Waals surface area contributed by atoms with Crippen LogP contribution in [0.5, 0.6) is 5.75 Å². The fourth-order valence-electron chi connectivity index (χ4n) is 3.80. The number of benzene rings is 1. The van der Waals surface area contributed by atoms with Crippen LogP contribution in [0.15, 0.2) is 18.2 Å². The number of halogens is 1. The van der Waals surface area contributed by atoms with Crippen LogP contribution in [0, 0.1) is 0 Å². The number of likely N-dealkylation sites (tertiary alicyclic amines) is 2. The van der Waals surface area contributed by atoms with Gasteiger partial charge in [-0.05, 0) is 37.5 Å². The highest BCUT2D eigenvalue weighted by atomic mass is 35.5. The smallest absolute Gasteiger partial charge is 0.238 e. The van der Waals surface area contributed by atoms with Gasteiger partial charge in [0.05, 0.1) is 18.7 Å². The molecule has 2 heterocycles. The number of amides is 2. The zero-order valence-electron chi connectivity index (χ0n) is 14.7. The van der Waals surface area contributed by atoms with Gasteiger partial charge >= 0.3 is 0 Å². The van der Waals surface area contributed by atoms with Crippen molar-refractivity contribution in [1.82, 2.24) is 9.80 Å². The molecule has 7 heteroatoms. The van der Waals surface area contributed by atoms with Crippen LogP contribution in [-0.4, -0.2) is 60.9 Å². The Morgan fingerprint density at radius 2 is 2.04 bits per heavy atom. The zero-order valence-corrected chi connectivity index (χ0v) is 15.4. The number of carbonyl (C=O) groups is 2. The van der Waals surface area contributed by atoms with E-state index in [1.807, 2.05) is 11.9 Å². The zero-order chi connectivity index (χ0) is 18.0. The lowest BCUT2D eigenvalue weighted by Crippen LogP contribution is -2.52. The van der Waals surface area contributed by atoms with E-state index in [0.29, 0.717) is 29.4 Å². The molecular weight excluding hydrogens is 342 g/mol. The van der Waals surface area contributed by atoms with Crippen molar-refractivity contribution in [3.8, 4) is 5.75 Å². The topological polar surface area (TPSA) is 61.9 Å². The van der Waals surface area contributed by atoms with Gasteiger partial charge in [-0.1, -0.05) is 11.6 Å². The Morgan fingerprint density at radius 3 is 2.60 bits per heavy atom. The Labute approximate surface area is 153 Å². The van der Waals surface area contributed by atoms with Crippen molar-refractivity contribution in [2.45, 2.75) is 31.2 Å². The number of nitrogens with zero attached hydrogens (tertiary/aromatic N) is 2. The van der Waals surface area contributed by atoms with Crippen LogP contribution in [0.4, 0.5) is 5.69 Å². The third-order valence-corrected chi connectivity index (χ3v) is 5.77. The molecular formula is C18H24ClN3O3. The molecule has 2 fully saturated rings. The minimum absolute atomic E-state index is 0.00751. The monoisotopic (exact) mass is 365 g/mol. The summed E-state index contributed by atoms with van der Waals surface area (Å²) >= 11 is 6.08. The normalized spacial score (nSPS) is 20.1. The quantitative estimate of drug-likeness (QED) is 0.889. The predicted molar refractivity (Wildman–Crippen MR) is 97.0 cm³/mol. The number of hydrogen-bond donors (Lipinski definition) is 1. The lowest BCUT2D eigenvalue weighted by molar-refractivity contribution is -0.131. The Balaban J connectivity index is 1.51. The first-order valence-electron chi connectivity index (χ1n) is 8.56. The van der Waals surface area contributed by atoms with E-state index in [1.54, 1.807) is 25.3 Å². The molecule has 3 rings (SSSR count). The number of anilines is 1. The van der Waals surface area contributed by atoms with E-state index in [2.05, 4.69) is 10.2 Å². The van der Waals surface area contributed by atoms with Crippen LogP contribution in [0.25, 0.3) is 0 Å². The van der Waals surface area contributed by atoms with Gasteiger partial charge in [0.2, 0.25) is 11.8 Å². The maximum atomic E-state index is 12.3. The highest BCUT2D eigenvalue weighted by Gasteiger charge is 2.44. The third-order valence-electron chi connectivity index (χ3n) is 5.48. The Kier molecular flexibility index (Phi) is 5.20. The van der Waals surface area contributed by atoms with Crippen LogP contribution < -0.4 is 10.1 Å². The molecule has 25 heavy (non-hydrogen) atoms. The molecule has 0 radical (unpaired) electrons. The largest absolute Gasteiger partial charge is 0.495 e. The molecule has 2 aliphatic rings. The first-order chi connectivity index (χ1) is 11.9. The number of rotatable bonds is 4. The molecule has 0 bridgehead atoms. The van der Waals surface area contributed by atoms with Crippen LogP contribution in [-0.2, 0) is 9.59 Å². The lowest BCUT2D eigenvalue weighted by atomic mass is 9.85. The van der Waals surface area contributed by atoms with Gasteiger partial charge in [0, 0.05) is 37.8 Å². The minimum Gasteiger partial charge on any atom is -0.495 e. The van der Waals surface area contributed by atoms with E-state index in [9.17, 15) is 9.59 Å². The van der Waals surface area contributed by atoms with Gasteiger partial charge in [-0.25, -0.2) is 0 Å². The van der Waals surface area contributed by atoms with Crippen molar-refractivity contribution in [3.05, 3.63) is 23.2 Å². The fourth-order valence-corrected chi connectivity index (χ4v) is 4.06. The first kappa shape index (κ1) is 18.0. The molecule has 1 aromatic rings. The standard InChI is InChI=1S/C18H24ClN3O3/c1-21-17(24)5-6-18(21)7-9-22(10-8-18)12-16(23)20-13-3-4-15(25-2)14(19)11-13/h3-4,11H,5-10,12H2,1-2H3,(H,20,23). The Morgan fingerprint density at radius 1 is 1.32 bits per heavy atom. The molecule has 0 atom stereocenters. The van der Waals surface area contributed by atoms with Crippen LogP contribution in [0.2, 0.25) is 5.02 Å². The Hall–Kier alpha value is -1.79. The molecule has 0 saturated carbocycles. The van der Waals surface area contributed by atoms with Crippen LogP contribution >= 0.6 is 11.6 Å². The van der Waals surface area contributed by atoms with Crippen molar-refractivity contribution in [2.75, 3.05) is 39.1 Å². The van der Waals surface area contributed by atoms with Gasteiger partial charge < -0.3 is 15.0 Å². The molecule has 2 aliphatic heterocycles. The molecule has 136 valence electrons. The van der Waals surface area contributed by atoms with E-state index >= 15 is 0 Å². The number of piperidine rings is 1. The first-order valence-corrected chi connectivity index (χ1v) is 8.94. The van der Waals surface area contributed by atoms with Gasteiger partial charge in [-0.15, -0.1) is 0 Å². The highest BCUT2D eigenvalue weighted by molar-refractivity contribution is 6.32. The van der Waals surface area contributed by atoms with Crippen LogP contribution in [0.3, 0.4) is 0 Å². The average molecular weight is 366 g/mol. The summed E-state index contributed by atoms with van der Waals surface area (Å²) in [4.78, 5) is 28.2. The number of hydrogen-bond acceptors (Lipinski definition) is 4. The third kappa shape index (κ3) is 3.75. The van der Waals surface area contributed by atoms with Gasteiger partial charge in [0.1, 0.15) is 5.75 Å². The second-order valence-corrected chi connectivity index (χ2v) is 7.26. The van der Waals surface area contributed by atoms with Crippen molar-refractivity contribution < 1.29 is 14.3 Å². The summed E-state index contributed by atoms with van der Waals surface area (Å²) in [6.45, 7) is 2.00. The summed E-state index contributed by atoms with van der Waals surface area (Å²) < 4.78 is 5.11. The van der Waals surface area contributed by atoms with Gasteiger partial charge in [-0.3, -0.25) is 14.5 Å². The molecule has 0 unspecified atom stereocenters. The number of nitrogens with one attached hydrogen (secondary N) is 1. The van der Waals surface area contributed by atoms with E-state index in [1.165, 1.54) is 0 Å². The average Bonchev–Trinajstić information content (AvgIpc) is 2.86. The summed E-state index contributed by atoms with van der Waals surface area (Å²) in [6.07, 6.45) is 3.44. The summed E-state index contributed by atoms with van der Waals surface area (Å²) in [5.41, 5.74) is 0.665. The van der Waals surface area contributed by atoms with Gasteiger partial charge in [0.15, 0.2) is 0 Å². The lowest BCUT2D eigenvalue weighted by Gasteiger charge is -2.43. The molecule has 1 aromatic carbocycles. The predicted octanol–water partition coefficient (Wildman–Crippen LogP) is 2.37. The number of carbonyl (C=O) groups excluding carboxylic acids is 2. The second-order valence-electron chi connectivity index (χ2n) is 6.85. The second kappa shape index (κ2) is 7.22. The molecule has 0 aromatic heterocycles. The molecule has 0 aliphatic carbocycles. The maximum absolute atomic E-state index is 12.3. The fraction of sp³-hybridized carbons (Fsp3) is 0.556. The minimum atomic E-state index is -0.0620. The van der Waals surface area contributed by atoms with E-state index < -0.39 is 0 Å². The summed E-state index contributed by atoms with van der Waals surface area (Å²) in [6, 6.07) is 5.19. The van der Waals surface area contributed by atoms with Crippen LogP contribution in [0.1, 0.15) is 25.7 Å². The van der Waals surface area contributed by atoms with Crippen molar-refractivity contribution in [3.63, 3.8) is 0 Å². The molecule has 2 amide bonds. The van der Waals surface area contributed by atoms with Crippen molar-refractivity contribution >= 4 is 29.1 Å². The van der Waals surface area contributed by atoms with E-state index in [0.717, 1.165) is 32.4 Å². The number of methoxy groups -OCH3 is 1. The highest BCUT2D eigenvalue weighted by Crippen LogP contribution is 2.37. The van der Waals surface area contributed by atoms with Gasteiger partial charge in [-0.2, -0.15) is 0 Å². The molecule has 6 nitrogen and oxygen atoms in total. The summed E-state index contributed by atoms with van der Waals surface area (Å²) in [5, 5.41) is 3.34. The maximum Gasteiger partial charge on any atom is 0.238 e. The molecule has 1 N–H and O–H groups in total. The van der Waals surface area contributed by atoms with Crippen molar-refractivity contribution in [2.24, 2.45) is 0 Å². The molecule has 1 spiro atoms.